The SMILES string of the molecule is O=CN/C(=N/O)C1C=C(Oc2cccc(C(F)(F)F)c2)C=CN1. The van der Waals surface area contributed by atoms with Gasteiger partial charge in [0, 0.05) is 6.20 Å². The zero-order chi connectivity index (χ0) is 16.9. The molecule has 1 unspecified atom stereocenters. The van der Waals surface area contributed by atoms with E-state index in [1.165, 1.54) is 30.5 Å². The topological polar surface area (TPSA) is 83.0 Å². The largest absolute Gasteiger partial charge is 0.458 e. The molecule has 0 saturated carbocycles. The molecule has 122 valence electrons. The molecule has 0 fully saturated rings. The molecule has 1 atom stereocenters. The Balaban J connectivity index is 2.18. The summed E-state index contributed by atoms with van der Waals surface area (Å²) in [5.74, 6) is 0.138. The summed E-state index contributed by atoms with van der Waals surface area (Å²) in [6.07, 6.45) is 0.227. The predicted molar refractivity (Wildman–Crippen MR) is 74.6 cm³/mol. The van der Waals surface area contributed by atoms with Gasteiger partial charge in [-0.1, -0.05) is 11.2 Å². The normalized spacial score (nSPS) is 18.0. The van der Waals surface area contributed by atoms with Crippen molar-refractivity contribution in [1.29, 1.82) is 0 Å². The fourth-order valence-corrected chi connectivity index (χ4v) is 1.84. The Morgan fingerprint density at radius 3 is 2.87 bits per heavy atom. The van der Waals surface area contributed by atoms with E-state index in [1.54, 1.807) is 0 Å². The van der Waals surface area contributed by atoms with Crippen LogP contribution in [0.15, 0.2) is 53.5 Å². The van der Waals surface area contributed by atoms with E-state index in [-0.39, 0.29) is 17.3 Å². The summed E-state index contributed by atoms with van der Waals surface area (Å²) in [7, 11) is 0. The molecule has 3 N–H and O–H groups in total. The molecular formula is C14H12F3N3O3. The number of halogens is 3. The number of hydrogen-bond donors (Lipinski definition) is 3. The molecule has 0 bridgehead atoms. The third kappa shape index (κ3) is 4.25. The number of allylic oxidation sites excluding steroid dienone is 1. The van der Waals surface area contributed by atoms with Gasteiger partial charge in [-0.15, -0.1) is 0 Å². The molecular weight excluding hydrogens is 315 g/mol. The first-order valence-electron chi connectivity index (χ1n) is 6.35. The van der Waals surface area contributed by atoms with Crippen molar-refractivity contribution in [3.63, 3.8) is 0 Å². The van der Waals surface area contributed by atoms with Crippen molar-refractivity contribution in [1.82, 2.24) is 10.6 Å². The van der Waals surface area contributed by atoms with Gasteiger partial charge in [0.25, 0.3) is 0 Å². The highest BCUT2D eigenvalue weighted by molar-refractivity contribution is 5.95. The minimum atomic E-state index is -4.47. The smallest absolute Gasteiger partial charge is 0.416 e. The molecule has 0 aromatic heterocycles. The number of ether oxygens (including phenoxy) is 1. The average molecular weight is 327 g/mol. The Kier molecular flexibility index (Phi) is 4.89. The van der Waals surface area contributed by atoms with Crippen LogP contribution in [0.1, 0.15) is 5.56 Å². The number of oxime groups is 1. The van der Waals surface area contributed by atoms with Crippen molar-refractivity contribution in [2.75, 3.05) is 0 Å². The van der Waals surface area contributed by atoms with Crippen LogP contribution in [0, 0.1) is 0 Å². The van der Waals surface area contributed by atoms with Crippen molar-refractivity contribution in [3.05, 3.63) is 53.9 Å². The Bertz CT molecular complexity index is 669. The van der Waals surface area contributed by atoms with Gasteiger partial charge in [-0.05, 0) is 30.4 Å². The fraction of sp³-hybridized carbons (Fsp3) is 0.143. The zero-order valence-corrected chi connectivity index (χ0v) is 11.5. The summed E-state index contributed by atoms with van der Waals surface area (Å²) in [6.45, 7) is 0. The molecule has 9 heteroatoms. The number of nitrogens with one attached hydrogen (secondary N) is 2. The van der Waals surface area contributed by atoms with Gasteiger partial charge in [0.2, 0.25) is 6.41 Å². The third-order valence-corrected chi connectivity index (χ3v) is 2.86. The van der Waals surface area contributed by atoms with E-state index in [1.807, 2.05) is 0 Å². The number of nitrogens with zero attached hydrogens (tertiary/aromatic N) is 1. The predicted octanol–water partition coefficient (Wildman–Crippen LogP) is 1.99. The monoisotopic (exact) mass is 327 g/mol. The first-order chi connectivity index (χ1) is 10.9. The maximum atomic E-state index is 12.7. The zero-order valence-electron chi connectivity index (χ0n) is 11.5. The highest BCUT2D eigenvalue weighted by Crippen LogP contribution is 2.31. The van der Waals surface area contributed by atoms with Crippen molar-refractivity contribution in [3.8, 4) is 5.75 Å². The average Bonchev–Trinajstić information content (AvgIpc) is 2.52. The first kappa shape index (κ1) is 16.4. The van der Waals surface area contributed by atoms with Crippen LogP contribution in [0.2, 0.25) is 0 Å². The molecule has 0 aliphatic carbocycles. The molecule has 1 aliphatic rings. The summed E-state index contributed by atoms with van der Waals surface area (Å²) >= 11 is 0. The van der Waals surface area contributed by atoms with Crippen LogP contribution in [-0.2, 0) is 11.0 Å². The second-order valence-corrected chi connectivity index (χ2v) is 4.42. The molecule has 6 nitrogen and oxygen atoms in total. The van der Waals surface area contributed by atoms with E-state index in [4.69, 9.17) is 9.94 Å². The number of dihydropyridines is 1. The van der Waals surface area contributed by atoms with Gasteiger partial charge in [-0.2, -0.15) is 13.2 Å². The number of rotatable bonds is 4. The van der Waals surface area contributed by atoms with E-state index < -0.39 is 17.8 Å². The fourth-order valence-electron chi connectivity index (χ4n) is 1.84. The van der Waals surface area contributed by atoms with Gasteiger partial charge in [-0.3, -0.25) is 4.79 Å². The van der Waals surface area contributed by atoms with Gasteiger partial charge < -0.3 is 20.6 Å². The van der Waals surface area contributed by atoms with E-state index in [0.717, 1.165) is 12.1 Å². The molecule has 0 radical (unpaired) electrons. The van der Waals surface area contributed by atoms with Crippen molar-refractivity contribution < 1.29 is 27.9 Å². The van der Waals surface area contributed by atoms with E-state index in [9.17, 15) is 18.0 Å². The maximum absolute atomic E-state index is 12.7. The lowest BCUT2D eigenvalue weighted by Gasteiger charge is -2.19. The summed E-state index contributed by atoms with van der Waals surface area (Å²) in [4.78, 5) is 10.4. The van der Waals surface area contributed by atoms with Crippen LogP contribution in [0.5, 0.6) is 5.75 Å². The summed E-state index contributed by atoms with van der Waals surface area (Å²) in [5, 5.41) is 16.7. The van der Waals surface area contributed by atoms with Crippen LogP contribution in [-0.4, -0.2) is 23.5 Å². The molecule has 1 aliphatic heterocycles. The quantitative estimate of drug-likeness (QED) is 0.260. The molecule has 23 heavy (non-hydrogen) atoms. The lowest BCUT2D eigenvalue weighted by molar-refractivity contribution is -0.137. The lowest BCUT2D eigenvalue weighted by Crippen LogP contribution is -2.42. The van der Waals surface area contributed by atoms with Crippen LogP contribution in [0.25, 0.3) is 0 Å². The Morgan fingerprint density at radius 1 is 1.43 bits per heavy atom. The van der Waals surface area contributed by atoms with E-state index in [0.29, 0.717) is 6.41 Å². The molecule has 2 rings (SSSR count). The summed E-state index contributed by atoms with van der Waals surface area (Å²) in [6, 6.07) is 3.72. The Morgan fingerprint density at radius 2 is 2.22 bits per heavy atom. The standard InChI is InChI=1S/C14H12F3N3O3/c15-14(16,17)9-2-1-3-10(6-9)23-11-4-5-18-12(7-11)13(20-22)19-8-21/h1-8,12,18,22H,(H,19,20,21). The van der Waals surface area contributed by atoms with Gasteiger partial charge in [-0.25, -0.2) is 0 Å². The molecule has 0 spiro atoms. The number of hydrogen-bond acceptors (Lipinski definition) is 5. The lowest BCUT2D eigenvalue weighted by atomic mass is 10.2. The van der Waals surface area contributed by atoms with Crippen molar-refractivity contribution in [2.45, 2.75) is 12.2 Å². The maximum Gasteiger partial charge on any atom is 0.416 e. The highest BCUT2D eigenvalue weighted by atomic mass is 19.4. The van der Waals surface area contributed by atoms with Crippen molar-refractivity contribution >= 4 is 12.2 Å². The second-order valence-electron chi connectivity index (χ2n) is 4.42. The Hall–Kier alpha value is -2.97. The number of amides is 1. The highest BCUT2D eigenvalue weighted by Gasteiger charge is 2.30. The van der Waals surface area contributed by atoms with E-state index in [2.05, 4.69) is 15.8 Å². The number of alkyl halides is 3. The van der Waals surface area contributed by atoms with Gasteiger partial charge >= 0.3 is 6.18 Å². The van der Waals surface area contributed by atoms with Crippen LogP contribution >= 0.6 is 0 Å². The van der Waals surface area contributed by atoms with Crippen LogP contribution < -0.4 is 15.4 Å². The third-order valence-electron chi connectivity index (χ3n) is 2.86. The van der Waals surface area contributed by atoms with E-state index >= 15 is 0 Å². The van der Waals surface area contributed by atoms with Gasteiger partial charge in [0.1, 0.15) is 17.6 Å². The molecule has 1 aromatic carbocycles. The molecule has 1 amide bonds. The number of benzene rings is 1. The van der Waals surface area contributed by atoms with Gasteiger partial charge in [0.05, 0.1) is 5.56 Å². The minimum Gasteiger partial charge on any atom is -0.458 e. The molecule has 1 heterocycles. The molecule has 1 aromatic rings. The second kappa shape index (κ2) is 6.86. The van der Waals surface area contributed by atoms with Gasteiger partial charge in [0.15, 0.2) is 5.84 Å². The number of carbonyl (C=O) groups is 1. The molecule has 0 saturated heterocycles. The van der Waals surface area contributed by atoms with Crippen LogP contribution in [0.4, 0.5) is 13.2 Å². The summed E-state index contributed by atoms with van der Waals surface area (Å²) in [5.41, 5.74) is -0.828. The Labute approximate surface area is 128 Å². The number of amidine groups is 1. The minimum absolute atomic E-state index is 0.00205. The first-order valence-corrected chi connectivity index (χ1v) is 6.35. The van der Waals surface area contributed by atoms with Crippen LogP contribution in [0.3, 0.4) is 0 Å². The number of carbonyl (C=O) groups excluding carboxylic acids is 1. The summed E-state index contributed by atoms with van der Waals surface area (Å²) < 4.78 is 43.4. The van der Waals surface area contributed by atoms with Crippen molar-refractivity contribution in [2.24, 2.45) is 5.16 Å².